The van der Waals surface area contributed by atoms with Crippen LogP contribution in [0.2, 0.25) is 0 Å². The van der Waals surface area contributed by atoms with Gasteiger partial charge in [-0.25, -0.2) is 8.42 Å². The highest BCUT2D eigenvalue weighted by molar-refractivity contribution is 7.91. The molecule has 2 bridgehead atoms. The molecule has 0 spiro atoms. The molecule has 152 valence electrons. The van der Waals surface area contributed by atoms with Crippen LogP contribution in [0.25, 0.3) is 0 Å². The van der Waals surface area contributed by atoms with Crippen molar-refractivity contribution in [3.63, 3.8) is 0 Å². The Hall–Kier alpha value is -0.620. The molecule has 5 nitrogen and oxygen atoms in total. The van der Waals surface area contributed by atoms with Crippen LogP contribution in [0, 0.1) is 11.8 Å². The molecule has 2 fully saturated rings. The number of ether oxygens (including phenoxy) is 1. The number of sulfone groups is 1. The molecule has 4 atom stereocenters. The molecule has 2 heterocycles. The van der Waals surface area contributed by atoms with Crippen LogP contribution >= 0.6 is 0 Å². The van der Waals surface area contributed by atoms with Gasteiger partial charge in [0.15, 0.2) is 0 Å². The molecule has 0 aromatic carbocycles. The predicted octanol–water partition coefficient (Wildman–Crippen LogP) is 4.20. The Balaban J connectivity index is 1.73. The molecular formula is C20H36O5S. The topological polar surface area (TPSA) is 80.7 Å². The summed E-state index contributed by atoms with van der Waals surface area (Å²) in [6, 6.07) is 0. The molecule has 2 aliphatic rings. The summed E-state index contributed by atoms with van der Waals surface area (Å²) in [5.41, 5.74) is 0. The molecule has 0 aliphatic carbocycles. The van der Waals surface area contributed by atoms with Crippen molar-refractivity contribution in [2.75, 3.05) is 11.5 Å². The fourth-order valence-electron chi connectivity index (χ4n) is 4.67. The van der Waals surface area contributed by atoms with E-state index in [4.69, 9.17) is 9.84 Å². The lowest BCUT2D eigenvalue weighted by Crippen LogP contribution is -2.29. The minimum absolute atomic E-state index is 0.260. The zero-order chi connectivity index (χ0) is 19.0. The van der Waals surface area contributed by atoms with Gasteiger partial charge in [-0.3, -0.25) is 4.79 Å². The molecule has 0 aromatic heterocycles. The number of fused-ring (bicyclic) bond motifs is 2. The highest BCUT2D eigenvalue weighted by Gasteiger charge is 2.48. The van der Waals surface area contributed by atoms with E-state index in [1.165, 1.54) is 0 Å². The Morgan fingerprint density at radius 3 is 2.23 bits per heavy atom. The van der Waals surface area contributed by atoms with E-state index in [1.54, 1.807) is 0 Å². The van der Waals surface area contributed by atoms with E-state index in [1.807, 2.05) is 0 Å². The van der Waals surface area contributed by atoms with Crippen LogP contribution in [0.1, 0.15) is 84.0 Å². The first-order valence-electron chi connectivity index (χ1n) is 10.5. The summed E-state index contributed by atoms with van der Waals surface area (Å²) in [4.78, 5) is 10.5. The monoisotopic (exact) mass is 388 g/mol. The number of carbonyl (C=O) groups is 1. The number of carboxylic acids is 1. The second-order valence-corrected chi connectivity index (χ2v) is 10.4. The summed E-state index contributed by atoms with van der Waals surface area (Å²) in [6.07, 6.45) is 11.6. The Kier molecular flexibility index (Phi) is 8.88. The van der Waals surface area contributed by atoms with Gasteiger partial charge in [0.1, 0.15) is 9.84 Å². The van der Waals surface area contributed by atoms with E-state index < -0.39 is 15.8 Å². The Bertz CT molecular complexity index is 530. The maximum atomic E-state index is 12.3. The summed E-state index contributed by atoms with van der Waals surface area (Å²) in [6.45, 7) is 2.09. The quantitative estimate of drug-likeness (QED) is 0.451. The molecule has 2 saturated heterocycles. The zero-order valence-corrected chi connectivity index (χ0v) is 17.0. The molecule has 0 radical (unpaired) electrons. The minimum Gasteiger partial charge on any atom is -0.481 e. The number of aliphatic carboxylic acids is 1. The molecule has 6 heteroatoms. The van der Waals surface area contributed by atoms with Gasteiger partial charge in [0, 0.05) is 6.42 Å². The molecule has 0 amide bonds. The number of rotatable bonds is 14. The van der Waals surface area contributed by atoms with E-state index in [0.29, 0.717) is 29.4 Å². The number of hydrogen-bond acceptors (Lipinski definition) is 4. The standard InChI is InChI=1S/C20H36O5S/c1-2-3-8-14-26(23,24)15-13-17-16(18-11-12-19(17)25-18)9-6-4-5-7-10-20(21)22/h16-19H,2-15H2,1H3,(H,21,22)/t16-,17+,18-,19+/m1/s1. The first-order valence-corrected chi connectivity index (χ1v) is 12.3. The molecule has 2 aliphatic heterocycles. The van der Waals surface area contributed by atoms with Crippen LogP contribution < -0.4 is 0 Å². The lowest BCUT2D eigenvalue weighted by molar-refractivity contribution is -0.137. The maximum Gasteiger partial charge on any atom is 0.303 e. The first kappa shape index (κ1) is 21.7. The zero-order valence-electron chi connectivity index (χ0n) is 16.2. The van der Waals surface area contributed by atoms with Crippen molar-refractivity contribution >= 4 is 15.8 Å². The third kappa shape index (κ3) is 6.84. The average molecular weight is 389 g/mol. The van der Waals surface area contributed by atoms with Crippen molar-refractivity contribution in [1.29, 1.82) is 0 Å². The normalized spacial score (nSPS) is 27.9. The van der Waals surface area contributed by atoms with Crippen LogP contribution in [-0.2, 0) is 19.4 Å². The van der Waals surface area contributed by atoms with Gasteiger partial charge < -0.3 is 9.84 Å². The van der Waals surface area contributed by atoms with E-state index >= 15 is 0 Å². The van der Waals surface area contributed by atoms with E-state index in [0.717, 1.165) is 70.6 Å². The molecule has 1 N–H and O–H groups in total. The largest absolute Gasteiger partial charge is 0.481 e. The highest BCUT2D eigenvalue weighted by atomic mass is 32.2. The molecule has 0 unspecified atom stereocenters. The molecule has 26 heavy (non-hydrogen) atoms. The van der Waals surface area contributed by atoms with Gasteiger partial charge in [-0.2, -0.15) is 0 Å². The predicted molar refractivity (Wildman–Crippen MR) is 103 cm³/mol. The van der Waals surface area contributed by atoms with Crippen molar-refractivity contribution in [3.05, 3.63) is 0 Å². The molecular weight excluding hydrogens is 352 g/mol. The number of hydrogen-bond donors (Lipinski definition) is 1. The van der Waals surface area contributed by atoms with Crippen LogP contribution in [0.15, 0.2) is 0 Å². The summed E-state index contributed by atoms with van der Waals surface area (Å²) in [7, 11) is -2.93. The van der Waals surface area contributed by atoms with Gasteiger partial charge in [-0.1, -0.05) is 39.0 Å². The second kappa shape index (κ2) is 10.6. The van der Waals surface area contributed by atoms with Gasteiger partial charge in [0.25, 0.3) is 0 Å². The Morgan fingerprint density at radius 2 is 1.58 bits per heavy atom. The molecule has 0 aromatic rings. The smallest absolute Gasteiger partial charge is 0.303 e. The summed E-state index contributed by atoms with van der Waals surface area (Å²) < 4.78 is 30.6. The number of carboxylic acid groups (broad SMARTS) is 1. The first-order chi connectivity index (χ1) is 12.4. The summed E-state index contributed by atoms with van der Waals surface area (Å²) in [5.74, 6) is 0.819. The number of unbranched alkanes of at least 4 members (excludes halogenated alkanes) is 5. The third-order valence-electron chi connectivity index (χ3n) is 6.09. The molecule has 0 saturated carbocycles. The fraction of sp³-hybridized carbons (Fsp3) is 0.950. The van der Waals surface area contributed by atoms with Gasteiger partial charge >= 0.3 is 5.97 Å². The van der Waals surface area contributed by atoms with E-state index in [-0.39, 0.29) is 12.5 Å². The summed E-state index contributed by atoms with van der Waals surface area (Å²) >= 11 is 0. The lowest BCUT2D eigenvalue weighted by atomic mass is 9.75. The van der Waals surface area contributed by atoms with Crippen LogP contribution in [0.5, 0.6) is 0 Å². The van der Waals surface area contributed by atoms with Gasteiger partial charge in [0.2, 0.25) is 0 Å². The minimum atomic E-state index is -2.93. The van der Waals surface area contributed by atoms with E-state index in [9.17, 15) is 13.2 Å². The fourth-order valence-corrected chi connectivity index (χ4v) is 6.15. The van der Waals surface area contributed by atoms with Gasteiger partial charge in [-0.05, 0) is 50.4 Å². The van der Waals surface area contributed by atoms with Crippen molar-refractivity contribution in [2.45, 2.75) is 96.2 Å². The Morgan fingerprint density at radius 1 is 0.923 bits per heavy atom. The van der Waals surface area contributed by atoms with Crippen LogP contribution in [0.4, 0.5) is 0 Å². The SMILES string of the molecule is CCCCCS(=O)(=O)CC[C@H]1[C@@H](CCCCCCC(=O)O)[C@H]2CC[C@@H]1O2. The van der Waals surface area contributed by atoms with Gasteiger partial charge in [-0.15, -0.1) is 0 Å². The summed E-state index contributed by atoms with van der Waals surface area (Å²) in [5, 5.41) is 8.68. The maximum absolute atomic E-state index is 12.3. The van der Waals surface area contributed by atoms with Gasteiger partial charge in [0.05, 0.1) is 23.7 Å². The molecule has 2 rings (SSSR count). The third-order valence-corrected chi connectivity index (χ3v) is 7.86. The highest BCUT2D eigenvalue weighted by Crippen LogP contribution is 2.47. The second-order valence-electron chi connectivity index (χ2n) is 8.11. The lowest BCUT2D eigenvalue weighted by Gasteiger charge is -2.28. The van der Waals surface area contributed by atoms with Crippen molar-refractivity contribution in [2.24, 2.45) is 11.8 Å². The Labute approximate surface area is 158 Å². The van der Waals surface area contributed by atoms with E-state index in [2.05, 4.69) is 6.92 Å². The van der Waals surface area contributed by atoms with Crippen LogP contribution in [0.3, 0.4) is 0 Å². The van der Waals surface area contributed by atoms with Crippen LogP contribution in [-0.4, -0.2) is 43.2 Å². The van der Waals surface area contributed by atoms with Crippen molar-refractivity contribution in [3.8, 4) is 0 Å². The van der Waals surface area contributed by atoms with Crippen molar-refractivity contribution in [1.82, 2.24) is 0 Å². The average Bonchev–Trinajstić information content (AvgIpc) is 3.17. The van der Waals surface area contributed by atoms with Crippen molar-refractivity contribution < 1.29 is 23.1 Å².